The Morgan fingerprint density at radius 3 is 2.24 bits per heavy atom. The number of benzene rings is 2. The first kappa shape index (κ1) is 15.1. The van der Waals surface area contributed by atoms with Gasteiger partial charge in [-0.05, 0) is 37.3 Å². The van der Waals surface area contributed by atoms with E-state index in [2.05, 4.69) is 0 Å². The summed E-state index contributed by atoms with van der Waals surface area (Å²) in [4.78, 5) is 12.2. The summed E-state index contributed by atoms with van der Waals surface area (Å²) in [5, 5.41) is 0. The predicted octanol–water partition coefficient (Wildman–Crippen LogP) is 4.34. The smallest absolute Gasteiger partial charge is 0.417 e. The fourth-order valence-electron chi connectivity index (χ4n) is 1.95. The molecule has 0 atom stereocenters. The van der Waals surface area contributed by atoms with Gasteiger partial charge in [0, 0.05) is 11.1 Å². The Morgan fingerprint density at radius 2 is 1.67 bits per heavy atom. The van der Waals surface area contributed by atoms with Crippen LogP contribution >= 0.6 is 0 Å². The molecule has 5 heteroatoms. The number of alkyl halides is 3. The SMILES string of the molecule is CCOc1ccc(C(=O)c2ccccc2C(F)(F)F)cc1. The summed E-state index contributed by atoms with van der Waals surface area (Å²) in [6.45, 7) is 2.29. The number of carbonyl (C=O) groups excluding carboxylic acids is 1. The van der Waals surface area contributed by atoms with Crippen molar-refractivity contribution in [1.82, 2.24) is 0 Å². The molecule has 0 aliphatic rings. The van der Waals surface area contributed by atoms with Crippen molar-refractivity contribution >= 4 is 5.78 Å². The lowest BCUT2D eigenvalue weighted by molar-refractivity contribution is -0.137. The highest BCUT2D eigenvalue weighted by molar-refractivity contribution is 6.10. The third-order valence-electron chi connectivity index (χ3n) is 2.90. The Hall–Kier alpha value is -2.30. The molecule has 0 heterocycles. The van der Waals surface area contributed by atoms with Gasteiger partial charge in [-0.1, -0.05) is 18.2 Å². The van der Waals surface area contributed by atoms with Gasteiger partial charge in [0.1, 0.15) is 5.75 Å². The van der Waals surface area contributed by atoms with E-state index in [1.54, 1.807) is 12.1 Å². The van der Waals surface area contributed by atoms with Crippen LogP contribution in [0.2, 0.25) is 0 Å². The Bertz CT molecular complexity index is 631. The molecule has 0 fully saturated rings. The minimum absolute atomic E-state index is 0.190. The molecule has 0 saturated carbocycles. The van der Waals surface area contributed by atoms with E-state index < -0.39 is 17.5 Å². The van der Waals surface area contributed by atoms with E-state index in [9.17, 15) is 18.0 Å². The van der Waals surface area contributed by atoms with Crippen LogP contribution in [0, 0.1) is 0 Å². The fourth-order valence-corrected chi connectivity index (χ4v) is 1.95. The average Bonchev–Trinajstić information content (AvgIpc) is 2.47. The Labute approximate surface area is 120 Å². The molecule has 21 heavy (non-hydrogen) atoms. The summed E-state index contributed by atoms with van der Waals surface area (Å²) in [5.41, 5.74) is -1.09. The maximum absolute atomic E-state index is 12.9. The van der Waals surface area contributed by atoms with E-state index in [4.69, 9.17) is 4.74 Å². The molecule has 0 saturated heterocycles. The maximum atomic E-state index is 12.9. The van der Waals surface area contributed by atoms with Gasteiger partial charge in [0.2, 0.25) is 0 Å². The first-order chi connectivity index (χ1) is 9.93. The molecule has 0 amide bonds. The van der Waals surface area contributed by atoms with Crippen molar-refractivity contribution in [3.8, 4) is 5.75 Å². The molecule has 0 radical (unpaired) electrons. The Kier molecular flexibility index (Phi) is 4.31. The van der Waals surface area contributed by atoms with Gasteiger partial charge >= 0.3 is 6.18 Å². The van der Waals surface area contributed by atoms with Crippen LogP contribution in [0.15, 0.2) is 48.5 Å². The molecular weight excluding hydrogens is 281 g/mol. The van der Waals surface area contributed by atoms with Gasteiger partial charge in [-0.3, -0.25) is 4.79 Å². The molecular formula is C16H13F3O2. The van der Waals surface area contributed by atoms with Crippen LogP contribution in [0.3, 0.4) is 0 Å². The zero-order chi connectivity index (χ0) is 15.5. The third-order valence-corrected chi connectivity index (χ3v) is 2.90. The lowest BCUT2D eigenvalue weighted by Gasteiger charge is -2.12. The summed E-state index contributed by atoms with van der Waals surface area (Å²) < 4.78 is 44.0. The van der Waals surface area contributed by atoms with Gasteiger partial charge in [-0.15, -0.1) is 0 Å². The largest absolute Gasteiger partial charge is 0.494 e. The highest BCUT2D eigenvalue weighted by Gasteiger charge is 2.34. The lowest BCUT2D eigenvalue weighted by atomic mass is 9.98. The van der Waals surface area contributed by atoms with E-state index in [0.717, 1.165) is 6.07 Å². The van der Waals surface area contributed by atoms with Crippen molar-refractivity contribution < 1.29 is 22.7 Å². The predicted molar refractivity (Wildman–Crippen MR) is 72.5 cm³/mol. The van der Waals surface area contributed by atoms with Crippen LogP contribution in [0.5, 0.6) is 5.75 Å². The minimum atomic E-state index is -4.56. The van der Waals surface area contributed by atoms with E-state index in [0.29, 0.717) is 12.4 Å². The van der Waals surface area contributed by atoms with E-state index in [-0.39, 0.29) is 11.1 Å². The molecule has 2 aromatic carbocycles. The second-order valence-electron chi connectivity index (χ2n) is 4.33. The minimum Gasteiger partial charge on any atom is -0.494 e. The van der Waals surface area contributed by atoms with Gasteiger partial charge in [0.05, 0.1) is 12.2 Å². The van der Waals surface area contributed by atoms with Crippen molar-refractivity contribution in [3.05, 3.63) is 65.2 Å². The second-order valence-corrected chi connectivity index (χ2v) is 4.33. The second kappa shape index (κ2) is 5.99. The number of halogens is 3. The Balaban J connectivity index is 2.36. The standard InChI is InChI=1S/C16H13F3O2/c1-2-21-12-9-7-11(8-10-12)15(20)13-5-3-4-6-14(13)16(17,18)19/h3-10H,2H2,1H3. The molecule has 0 N–H and O–H groups in total. The van der Waals surface area contributed by atoms with Crippen molar-refractivity contribution in [2.24, 2.45) is 0 Å². The van der Waals surface area contributed by atoms with Crippen molar-refractivity contribution in [1.29, 1.82) is 0 Å². The summed E-state index contributed by atoms with van der Waals surface area (Å²) in [7, 11) is 0. The van der Waals surface area contributed by atoms with E-state index in [1.165, 1.54) is 30.3 Å². The third kappa shape index (κ3) is 3.42. The summed E-state index contributed by atoms with van der Waals surface area (Å²) in [6.07, 6.45) is -4.56. The number of rotatable bonds is 4. The van der Waals surface area contributed by atoms with Crippen molar-refractivity contribution in [2.45, 2.75) is 13.1 Å². The molecule has 2 rings (SSSR count). The van der Waals surface area contributed by atoms with Gasteiger partial charge < -0.3 is 4.74 Å². The normalized spacial score (nSPS) is 11.2. The number of hydrogen-bond donors (Lipinski definition) is 0. The summed E-state index contributed by atoms with van der Waals surface area (Å²) >= 11 is 0. The molecule has 0 bridgehead atoms. The molecule has 0 aliphatic carbocycles. The monoisotopic (exact) mass is 294 g/mol. The first-order valence-electron chi connectivity index (χ1n) is 6.37. The van der Waals surface area contributed by atoms with Crippen LogP contribution in [0.4, 0.5) is 13.2 Å². The summed E-state index contributed by atoms with van der Waals surface area (Å²) in [6, 6.07) is 10.8. The highest BCUT2D eigenvalue weighted by atomic mass is 19.4. The quantitative estimate of drug-likeness (QED) is 0.784. The molecule has 2 aromatic rings. The van der Waals surface area contributed by atoms with Gasteiger partial charge in [0.15, 0.2) is 5.78 Å². The molecule has 110 valence electrons. The fraction of sp³-hybridized carbons (Fsp3) is 0.188. The number of carbonyl (C=O) groups is 1. The Morgan fingerprint density at radius 1 is 1.05 bits per heavy atom. The van der Waals surface area contributed by atoms with Gasteiger partial charge in [-0.25, -0.2) is 0 Å². The van der Waals surface area contributed by atoms with Crippen LogP contribution in [0.1, 0.15) is 28.4 Å². The first-order valence-corrected chi connectivity index (χ1v) is 6.37. The molecule has 0 unspecified atom stereocenters. The number of hydrogen-bond acceptors (Lipinski definition) is 2. The van der Waals surface area contributed by atoms with Gasteiger partial charge in [0.25, 0.3) is 0 Å². The molecule has 0 aromatic heterocycles. The zero-order valence-corrected chi connectivity index (χ0v) is 11.3. The van der Waals surface area contributed by atoms with E-state index >= 15 is 0 Å². The van der Waals surface area contributed by atoms with Crippen LogP contribution in [-0.4, -0.2) is 12.4 Å². The molecule has 0 aliphatic heterocycles. The molecule has 0 spiro atoms. The van der Waals surface area contributed by atoms with Gasteiger partial charge in [-0.2, -0.15) is 13.2 Å². The average molecular weight is 294 g/mol. The van der Waals surface area contributed by atoms with Crippen molar-refractivity contribution in [2.75, 3.05) is 6.61 Å². The lowest BCUT2D eigenvalue weighted by Crippen LogP contribution is -2.13. The zero-order valence-electron chi connectivity index (χ0n) is 11.3. The topological polar surface area (TPSA) is 26.3 Å². The maximum Gasteiger partial charge on any atom is 0.417 e. The number of ether oxygens (including phenoxy) is 1. The van der Waals surface area contributed by atoms with Crippen molar-refractivity contribution in [3.63, 3.8) is 0 Å². The van der Waals surface area contributed by atoms with Crippen LogP contribution < -0.4 is 4.74 Å². The van der Waals surface area contributed by atoms with Crippen LogP contribution in [-0.2, 0) is 6.18 Å². The van der Waals surface area contributed by atoms with E-state index in [1.807, 2.05) is 6.92 Å². The number of ketones is 1. The summed E-state index contributed by atoms with van der Waals surface area (Å²) in [5.74, 6) is -0.0934. The van der Waals surface area contributed by atoms with Crippen LogP contribution in [0.25, 0.3) is 0 Å². The molecule has 2 nitrogen and oxygen atoms in total. The highest BCUT2D eigenvalue weighted by Crippen LogP contribution is 2.32.